The molecule has 2 aromatic carbocycles. The van der Waals surface area contributed by atoms with Gasteiger partial charge >= 0.3 is 6.18 Å². The molecule has 2 N–H and O–H groups in total. The number of oxazole rings is 1. The number of hydrogen-bond acceptors (Lipinski definition) is 3. The Morgan fingerprint density at radius 1 is 1.07 bits per heavy atom. The van der Waals surface area contributed by atoms with Crippen molar-refractivity contribution in [1.82, 2.24) is 15.6 Å². The molecule has 9 heteroatoms. The van der Waals surface area contributed by atoms with E-state index in [1.54, 1.807) is 0 Å². The quantitative estimate of drug-likeness (QED) is 0.375. The smallest absolute Gasteiger partial charge is 0.416 e. The number of nitrogens with zero attached hydrogens (tertiary/aromatic N) is 2. The number of guanidine groups is 1. The van der Waals surface area contributed by atoms with Gasteiger partial charge in [0, 0.05) is 19.2 Å². The SMILES string of the molecule is CN=C(NCc1coc(-c2ccccc2)n1)NCc1ccc(F)cc1C(F)(F)F. The second kappa shape index (κ2) is 8.76. The highest BCUT2D eigenvalue weighted by Gasteiger charge is 2.33. The molecule has 0 spiro atoms. The Hall–Kier alpha value is -3.36. The summed E-state index contributed by atoms with van der Waals surface area (Å²) < 4.78 is 57.9. The molecule has 1 heterocycles. The van der Waals surface area contributed by atoms with Gasteiger partial charge in [-0.3, -0.25) is 4.99 Å². The van der Waals surface area contributed by atoms with Crippen molar-refractivity contribution in [3.8, 4) is 11.5 Å². The van der Waals surface area contributed by atoms with E-state index in [0.29, 0.717) is 17.7 Å². The van der Waals surface area contributed by atoms with Crippen LogP contribution in [0.5, 0.6) is 0 Å². The van der Waals surface area contributed by atoms with Gasteiger partial charge in [-0.2, -0.15) is 13.2 Å². The summed E-state index contributed by atoms with van der Waals surface area (Å²) in [4.78, 5) is 8.33. The van der Waals surface area contributed by atoms with E-state index in [1.165, 1.54) is 13.3 Å². The molecular weight excluding hydrogens is 388 g/mol. The van der Waals surface area contributed by atoms with Gasteiger partial charge < -0.3 is 15.1 Å². The van der Waals surface area contributed by atoms with E-state index in [-0.39, 0.29) is 24.6 Å². The maximum atomic E-state index is 13.2. The first kappa shape index (κ1) is 20.4. The van der Waals surface area contributed by atoms with Crippen LogP contribution >= 0.6 is 0 Å². The molecule has 0 fully saturated rings. The predicted octanol–water partition coefficient (Wildman–Crippen LogP) is 4.36. The fraction of sp³-hybridized carbons (Fsp3) is 0.200. The number of alkyl halides is 3. The molecule has 0 bridgehead atoms. The van der Waals surface area contributed by atoms with Crippen molar-refractivity contribution >= 4 is 5.96 Å². The van der Waals surface area contributed by atoms with Gasteiger partial charge in [0.05, 0.1) is 17.8 Å². The summed E-state index contributed by atoms with van der Waals surface area (Å²) in [5.74, 6) is -0.206. The lowest BCUT2D eigenvalue weighted by molar-refractivity contribution is -0.138. The summed E-state index contributed by atoms with van der Waals surface area (Å²) in [6.07, 6.45) is -3.16. The van der Waals surface area contributed by atoms with Crippen LogP contribution in [-0.4, -0.2) is 18.0 Å². The van der Waals surface area contributed by atoms with E-state index in [1.807, 2.05) is 30.3 Å². The van der Waals surface area contributed by atoms with E-state index in [9.17, 15) is 17.6 Å². The summed E-state index contributed by atoms with van der Waals surface area (Å²) in [5.41, 5.74) is 0.320. The molecule has 0 aliphatic rings. The second-order valence-corrected chi connectivity index (χ2v) is 6.09. The topological polar surface area (TPSA) is 62.5 Å². The first-order valence-corrected chi connectivity index (χ1v) is 8.67. The average Bonchev–Trinajstić information content (AvgIpc) is 3.18. The highest BCUT2D eigenvalue weighted by Crippen LogP contribution is 2.32. The molecule has 0 saturated carbocycles. The minimum atomic E-state index is -4.65. The highest BCUT2D eigenvalue weighted by atomic mass is 19.4. The van der Waals surface area contributed by atoms with Crippen molar-refractivity contribution in [2.45, 2.75) is 19.3 Å². The van der Waals surface area contributed by atoms with Gasteiger partial charge in [-0.05, 0) is 29.8 Å². The monoisotopic (exact) mass is 406 g/mol. The molecule has 3 rings (SSSR count). The first-order valence-electron chi connectivity index (χ1n) is 8.67. The average molecular weight is 406 g/mol. The molecule has 0 radical (unpaired) electrons. The van der Waals surface area contributed by atoms with Crippen LogP contribution < -0.4 is 10.6 Å². The van der Waals surface area contributed by atoms with Crippen molar-refractivity contribution in [2.75, 3.05) is 7.05 Å². The number of nitrogens with one attached hydrogen (secondary N) is 2. The molecule has 0 atom stereocenters. The minimum absolute atomic E-state index is 0.0883. The normalized spacial score (nSPS) is 12.1. The third-order valence-corrected chi connectivity index (χ3v) is 4.06. The van der Waals surface area contributed by atoms with Crippen molar-refractivity contribution in [1.29, 1.82) is 0 Å². The van der Waals surface area contributed by atoms with Crippen LogP contribution in [0, 0.1) is 5.82 Å². The fourth-order valence-corrected chi connectivity index (χ4v) is 2.64. The van der Waals surface area contributed by atoms with Gasteiger partial charge in [0.15, 0.2) is 5.96 Å². The highest BCUT2D eigenvalue weighted by molar-refractivity contribution is 5.79. The molecule has 3 aromatic rings. The van der Waals surface area contributed by atoms with Crippen LogP contribution in [0.15, 0.2) is 64.2 Å². The number of benzene rings is 2. The maximum absolute atomic E-state index is 13.2. The van der Waals surface area contributed by atoms with Crippen LogP contribution in [0.4, 0.5) is 17.6 Å². The van der Waals surface area contributed by atoms with E-state index < -0.39 is 17.6 Å². The van der Waals surface area contributed by atoms with Crippen molar-refractivity contribution < 1.29 is 22.0 Å². The lowest BCUT2D eigenvalue weighted by atomic mass is 10.1. The van der Waals surface area contributed by atoms with Gasteiger partial charge in [0.2, 0.25) is 5.89 Å². The second-order valence-electron chi connectivity index (χ2n) is 6.09. The van der Waals surface area contributed by atoms with Gasteiger partial charge in [-0.1, -0.05) is 24.3 Å². The third kappa shape index (κ3) is 5.34. The van der Waals surface area contributed by atoms with Crippen LogP contribution in [0.25, 0.3) is 11.5 Å². The lowest BCUT2D eigenvalue weighted by Gasteiger charge is -2.15. The maximum Gasteiger partial charge on any atom is 0.416 e. The molecule has 29 heavy (non-hydrogen) atoms. The third-order valence-electron chi connectivity index (χ3n) is 4.06. The Morgan fingerprint density at radius 3 is 2.48 bits per heavy atom. The van der Waals surface area contributed by atoms with Gasteiger partial charge in [0.1, 0.15) is 12.1 Å². The fourth-order valence-electron chi connectivity index (χ4n) is 2.64. The molecular formula is C20H18F4N4O. The van der Waals surface area contributed by atoms with E-state index >= 15 is 0 Å². The number of halogens is 4. The van der Waals surface area contributed by atoms with Crippen molar-refractivity contribution in [3.63, 3.8) is 0 Å². The zero-order valence-corrected chi connectivity index (χ0v) is 15.4. The Labute approximate surface area is 164 Å². The molecule has 0 aliphatic heterocycles. The molecule has 0 saturated heterocycles. The first-order chi connectivity index (χ1) is 13.9. The van der Waals surface area contributed by atoms with E-state index in [0.717, 1.165) is 17.7 Å². The molecule has 5 nitrogen and oxygen atoms in total. The number of aliphatic imine (C=N–C) groups is 1. The van der Waals surface area contributed by atoms with Crippen LogP contribution in [0.3, 0.4) is 0 Å². The van der Waals surface area contributed by atoms with Crippen LogP contribution in [-0.2, 0) is 19.3 Å². The summed E-state index contributed by atoms with van der Waals surface area (Å²) in [5, 5.41) is 5.74. The predicted molar refractivity (Wildman–Crippen MR) is 100 cm³/mol. The van der Waals surface area contributed by atoms with Crippen LogP contribution in [0.1, 0.15) is 16.8 Å². The molecule has 152 valence electrons. The minimum Gasteiger partial charge on any atom is -0.444 e. The number of aromatic nitrogens is 1. The largest absolute Gasteiger partial charge is 0.444 e. The Kier molecular flexibility index (Phi) is 6.16. The molecule has 0 unspecified atom stereocenters. The Bertz CT molecular complexity index is 984. The Morgan fingerprint density at radius 2 is 1.79 bits per heavy atom. The van der Waals surface area contributed by atoms with Gasteiger partial charge in [-0.25, -0.2) is 9.37 Å². The standard InChI is InChI=1S/C20H18F4N4O/c1-25-19(26-10-14-7-8-15(21)9-17(14)20(22,23)24)27-11-16-12-29-18(28-16)13-5-3-2-4-6-13/h2-9,12H,10-11H2,1H3,(H2,25,26,27). The number of hydrogen-bond donors (Lipinski definition) is 2. The van der Waals surface area contributed by atoms with Crippen molar-refractivity contribution in [2.24, 2.45) is 4.99 Å². The number of rotatable bonds is 5. The van der Waals surface area contributed by atoms with E-state index in [4.69, 9.17) is 4.42 Å². The van der Waals surface area contributed by atoms with E-state index in [2.05, 4.69) is 20.6 Å². The molecule has 1 aromatic heterocycles. The molecule has 0 amide bonds. The van der Waals surface area contributed by atoms with Crippen LogP contribution in [0.2, 0.25) is 0 Å². The zero-order chi connectivity index (χ0) is 20.9. The summed E-state index contributed by atoms with van der Waals surface area (Å²) in [6.45, 7) is 0.0778. The van der Waals surface area contributed by atoms with Gasteiger partial charge in [-0.15, -0.1) is 0 Å². The van der Waals surface area contributed by atoms with Crippen molar-refractivity contribution in [3.05, 3.63) is 77.4 Å². The lowest BCUT2D eigenvalue weighted by Crippen LogP contribution is -2.36. The Balaban J connectivity index is 1.61. The summed E-state index contributed by atoms with van der Waals surface area (Å²) in [6, 6.07) is 11.9. The summed E-state index contributed by atoms with van der Waals surface area (Å²) in [7, 11) is 1.49. The zero-order valence-electron chi connectivity index (χ0n) is 15.4. The molecule has 0 aliphatic carbocycles. The van der Waals surface area contributed by atoms with Gasteiger partial charge in [0.25, 0.3) is 0 Å². The summed E-state index contributed by atoms with van der Waals surface area (Å²) >= 11 is 0.